The van der Waals surface area contributed by atoms with Gasteiger partial charge in [0, 0.05) is 0 Å². The van der Waals surface area contributed by atoms with Crippen LogP contribution in [0.1, 0.15) is 12.8 Å². The third-order valence-corrected chi connectivity index (χ3v) is 2.85. The largest absolute Gasteiger partial charge is 0.389 e. The van der Waals surface area contributed by atoms with Crippen LogP contribution in [0.3, 0.4) is 0 Å². The molecule has 10 heavy (non-hydrogen) atoms. The third kappa shape index (κ3) is 0.446. The minimum atomic E-state index is -0.324. The van der Waals surface area contributed by atoms with Gasteiger partial charge in [0.1, 0.15) is 0 Å². The Kier molecular flexibility index (Phi) is 0.877. The van der Waals surface area contributed by atoms with Crippen molar-refractivity contribution in [3.05, 3.63) is 12.2 Å². The fourth-order valence-corrected chi connectivity index (χ4v) is 1.99. The molecular weight excluding hydrogens is 124 g/mol. The molecule has 0 saturated heterocycles. The van der Waals surface area contributed by atoms with Gasteiger partial charge in [-0.2, -0.15) is 0 Å². The molecule has 0 spiro atoms. The van der Waals surface area contributed by atoms with E-state index in [0.717, 1.165) is 18.4 Å². The number of aliphatic hydroxyl groups is 1. The summed E-state index contributed by atoms with van der Waals surface area (Å²) < 4.78 is 0. The van der Waals surface area contributed by atoms with Gasteiger partial charge in [-0.15, -0.1) is 6.42 Å². The predicted molar refractivity (Wildman–Crippen MR) is 39.1 cm³/mol. The van der Waals surface area contributed by atoms with E-state index in [1.54, 1.807) is 0 Å². The topological polar surface area (TPSA) is 20.2 Å². The van der Waals surface area contributed by atoms with Crippen LogP contribution >= 0.6 is 0 Å². The van der Waals surface area contributed by atoms with E-state index in [-0.39, 0.29) is 11.5 Å². The standard InChI is InChI=1S/C9H10O/c1-3-9-5-7(9)4-8(10)6(9)2/h1,7-8,10H,2,4-5H2/t7-,8-,9-/m1/s1. The Morgan fingerprint density at radius 2 is 2.50 bits per heavy atom. The lowest BCUT2D eigenvalue weighted by Crippen LogP contribution is -2.09. The summed E-state index contributed by atoms with van der Waals surface area (Å²) in [6.07, 6.45) is 6.91. The average Bonchev–Trinajstić information content (AvgIpc) is 2.57. The number of hydrogen-bond donors (Lipinski definition) is 1. The van der Waals surface area contributed by atoms with Crippen molar-refractivity contribution in [1.82, 2.24) is 0 Å². The molecule has 0 radical (unpaired) electrons. The molecule has 0 unspecified atom stereocenters. The third-order valence-electron chi connectivity index (χ3n) is 2.85. The number of rotatable bonds is 0. The van der Waals surface area contributed by atoms with Crippen molar-refractivity contribution in [2.75, 3.05) is 0 Å². The zero-order valence-electron chi connectivity index (χ0n) is 5.80. The second-order valence-corrected chi connectivity index (χ2v) is 3.29. The van der Waals surface area contributed by atoms with E-state index < -0.39 is 0 Å². The first-order valence-corrected chi connectivity index (χ1v) is 3.56. The highest BCUT2D eigenvalue weighted by Gasteiger charge is 2.61. The van der Waals surface area contributed by atoms with Crippen LogP contribution < -0.4 is 0 Å². The first kappa shape index (κ1) is 6.00. The molecule has 2 fully saturated rings. The fraction of sp³-hybridized carbons (Fsp3) is 0.556. The Morgan fingerprint density at radius 1 is 1.80 bits per heavy atom. The molecule has 3 atom stereocenters. The molecule has 2 rings (SSSR count). The van der Waals surface area contributed by atoms with Gasteiger partial charge >= 0.3 is 0 Å². The highest BCUT2D eigenvalue weighted by atomic mass is 16.3. The van der Waals surface area contributed by atoms with Crippen molar-refractivity contribution in [2.45, 2.75) is 18.9 Å². The quantitative estimate of drug-likeness (QED) is 0.386. The van der Waals surface area contributed by atoms with E-state index in [4.69, 9.17) is 6.42 Å². The Hall–Kier alpha value is -0.740. The second-order valence-electron chi connectivity index (χ2n) is 3.29. The van der Waals surface area contributed by atoms with Crippen LogP contribution in [-0.4, -0.2) is 11.2 Å². The lowest BCUT2D eigenvalue weighted by Gasteiger charge is -2.09. The number of terminal acetylenes is 1. The minimum absolute atomic E-state index is 0.0839. The summed E-state index contributed by atoms with van der Waals surface area (Å²) in [6, 6.07) is 0. The molecule has 1 N–H and O–H groups in total. The van der Waals surface area contributed by atoms with E-state index in [1.165, 1.54) is 0 Å². The first-order valence-electron chi connectivity index (χ1n) is 3.56. The van der Waals surface area contributed by atoms with Crippen LogP contribution in [0.25, 0.3) is 0 Å². The van der Waals surface area contributed by atoms with Gasteiger partial charge in [-0.05, 0) is 24.3 Å². The summed E-state index contributed by atoms with van der Waals surface area (Å²) in [5.74, 6) is 3.28. The van der Waals surface area contributed by atoms with Gasteiger partial charge in [-0.1, -0.05) is 12.5 Å². The maximum atomic E-state index is 9.30. The van der Waals surface area contributed by atoms with E-state index >= 15 is 0 Å². The summed E-state index contributed by atoms with van der Waals surface area (Å²) in [5, 5.41) is 9.30. The Labute approximate surface area is 60.8 Å². The van der Waals surface area contributed by atoms with Crippen molar-refractivity contribution in [3.63, 3.8) is 0 Å². The lowest BCUT2D eigenvalue weighted by atomic mass is 9.99. The molecule has 1 nitrogen and oxygen atoms in total. The summed E-state index contributed by atoms with van der Waals surface area (Å²) >= 11 is 0. The number of fused-ring (bicyclic) bond motifs is 1. The normalized spacial score (nSPS) is 50.2. The predicted octanol–water partition coefficient (Wildman–Crippen LogP) is 0.947. The van der Waals surface area contributed by atoms with Crippen molar-refractivity contribution < 1.29 is 5.11 Å². The van der Waals surface area contributed by atoms with Crippen LogP contribution in [0.2, 0.25) is 0 Å². The Morgan fingerprint density at radius 3 is 2.80 bits per heavy atom. The smallest absolute Gasteiger partial charge is 0.0765 e. The van der Waals surface area contributed by atoms with Crippen molar-refractivity contribution in [1.29, 1.82) is 0 Å². The van der Waals surface area contributed by atoms with Gasteiger partial charge < -0.3 is 5.11 Å². The molecule has 2 saturated carbocycles. The van der Waals surface area contributed by atoms with Crippen LogP contribution in [0.5, 0.6) is 0 Å². The molecule has 52 valence electrons. The van der Waals surface area contributed by atoms with Crippen LogP contribution in [0, 0.1) is 23.7 Å². The van der Waals surface area contributed by atoms with E-state index in [9.17, 15) is 5.11 Å². The molecule has 2 aliphatic carbocycles. The zero-order valence-corrected chi connectivity index (χ0v) is 5.80. The van der Waals surface area contributed by atoms with Crippen LogP contribution in [0.4, 0.5) is 0 Å². The summed E-state index contributed by atoms with van der Waals surface area (Å²) in [5.41, 5.74) is 0.791. The van der Waals surface area contributed by atoms with Crippen LogP contribution in [-0.2, 0) is 0 Å². The monoisotopic (exact) mass is 134 g/mol. The van der Waals surface area contributed by atoms with E-state index in [0.29, 0.717) is 5.92 Å². The highest BCUT2D eigenvalue weighted by Crippen LogP contribution is 2.65. The lowest BCUT2D eigenvalue weighted by molar-refractivity contribution is 0.206. The molecular formula is C9H10O. The summed E-state index contributed by atoms with van der Waals surface area (Å²) in [6.45, 7) is 3.81. The van der Waals surface area contributed by atoms with Gasteiger partial charge in [0.15, 0.2) is 0 Å². The average molecular weight is 134 g/mol. The van der Waals surface area contributed by atoms with Gasteiger partial charge in [-0.25, -0.2) is 0 Å². The molecule has 0 amide bonds. The maximum Gasteiger partial charge on any atom is 0.0765 e. The molecule has 0 aromatic carbocycles. The number of hydrogen-bond acceptors (Lipinski definition) is 1. The second kappa shape index (κ2) is 1.46. The van der Waals surface area contributed by atoms with Crippen LogP contribution in [0.15, 0.2) is 12.2 Å². The van der Waals surface area contributed by atoms with Gasteiger partial charge in [0.2, 0.25) is 0 Å². The molecule has 1 heteroatoms. The number of aliphatic hydroxyl groups excluding tert-OH is 1. The molecule has 0 aliphatic heterocycles. The van der Waals surface area contributed by atoms with Gasteiger partial charge in [0.05, 0.1) is 11.5 Å². The molecule has 2 aliphatic rings. The first-order chi connectivity index (χ1) is 4.70. The SMILES string of the molecule is C#C[C@]12C[C@H]1C[C@@H](O)C2=C. The minimum Gasteiger partial charge on any atom is -0.389 e. The zero-order chi connectivity index (χ0) is 7.35. The van der Waals surface area contributed by atoms with Crippen molar-refractivity contribution >= 4 is 0 Å². The summed E-state index contributed by atoms with van der Waals surface area (Å²) in [4.78, 5) is 0. The van der Waals surface area contributed by atoms with E-state index in [2.05, 4.69) is 12.5 Å². The summed E-state index contributed by atoms with van der Waals surface area (Å²) in [7, 11) is 0. The van der Waals surface area contributed by atoms with Gasteiger partial charge in [0.25, 0.3) is 0 Å². The molecule has 0 bridgehead atoms. The Bertz CT molecular complexity index is 236. The maximum absolute atomic E-state index is 9.30. The van der Waals surface area contributed by atoms with E-state index in [1.807, 2.05) is 0 Å². The Balaban J connectivity index is 2.33. The fourth-order valence-electron chi connectivity index (χ4n) is 1.99. The highest BCUT2D eigenvalue weighted by molar-refractivity contribution is 5.41. The van der Waals surface area contributed by atoms with Crippen molar-refractivity contribution in [2.24, 2.45) is 11.3 Å². The van der Waals surface area contributed by atoms with Crippen molar-refractivity contribution in [3.8, 4) is 12.3 Å². The molecule has 0 aromatic rings. The van der Waals surface area contributed by atoms with Gasteiger partial charge in [-0.3, -0.25) is 0 Å². The molecule has 0 aromatic heterocycles. The molecule has 0 heterocycles.